The molecular weight excluding hydrogens is 276 g/mol. The van der Waals surface area contributed by atoms with Crippen LogP contribution in [0.1, 0.15) is 10.4 Å². The molecule has 0 aliphatic rings. The minimum absolute atomic E-state index is 0.342. The van der Waals surface area contributed by atoms with Crippen molar-refractivity contribution in [3.63, 3.8) is 0 Å². The van der Waals surface area contributed by atoms with Crippen molar-refractivity contribution in [2.45, 2.75) is 0 Å². The molecule has 0 aliphatic heterocycles. The molecule has 0 spiro atoms. The van der Waals surface area contributed by atoms with Gasteiger partial charge in [-0.2, -0.15) is 8.42 Å². The fourth-order valence-electron chi connectivity index (χ4n) is 1.04. The van der Waals surface area contributed by atoms with Gasteiger partial charge in [-0.25, -0.2) is 9.78 Å². The number of H-pyrrole nitrogens is 1. The summed E-state index contributed by atoms with van der Waals surface area (Å²) in [7, 11) is -4.70. The van der Waals surface area contributed by atoms with Gasteiger partial charge < -0.3 is 14.3 Å². The minimum Gasteiger partial charge on any atom is -0.478 e. The van der Waals surface area contributed by atoms with E-state index in [2.05, 4.69) is 14.2 Å². The molecular formula is C10H10N2O6S. The van der Waals surface area contributed by atoms with Crippen molar-refractivity contribution in [2.75, 3.05) is 0 Å². The number of hydrogen-bond acceptors (Lipinski definition) is 5. The van der Waals surface area contributed by atoms with Crippen LogP contribution in [-0.4, -0.2) is 34.0 Å². The third-order valence-corrected chi connectivity index (χ3v) is 2.11. The number of aromatic amines is 1. The summed E-state index contributed by atoms with van der Waals surface area (Å²) in [6.45, 7) is 0. The summed E-state index contributed by atoms with van der Waals surface area (Å²) in [5.41, 5.74) is -0.342. The zero-order valence-electron chi connectivity index (χ0n) is 9.42. The van der Waals surface area contributed by atoms with Gasteiger partial charge in [0, 0.05) is 12.4 Å². The molecule has 0 aliphatic carbocycles. The first-order valence-corrected chi connectivity index (χ1v) is 6.18. The standard InChI is InChI=1S/C7H6O6S.C3H4N2/c8-7(9)5-3-1-2-4-6(5)13-14(10,11)12;1-2-5-3-4-1/h1-4H,(H,8,9)(H,10,11,12);1-3H,(H,4,5). The number of para-hydroxylation sites is 1. The van der Waals surface area contributed by atoms with E-state index in [1.54, 1.807) is 18.7 Å². The number of hydrogen-bond donors (Lipinski definition) is 3. The first kappa shape index (κ1) is 14.7. The number of rotatable bonds is 3. The van der Waals surface area contributed by atoms with E-state index in [4.69, 9.17) is 9.66 Å². The summed E-state index contributed by atoms with van der Waals surface area (Å²) >= 11 is 0. The molecule has 1 heterocycles. The van der Waals surface area contributed by atoms with Crippen LogP contribution in [0.4, 0.5) is 0 Å². The maximum atomic E-state index is 10.6. The molecule has 102 valence electrons. The average molecular weight is 286 g/mol. The second-order valence-corrected chi connectivity index (χ2v) is 4.10. The van der Waals surface area contributed by atoms with E-state index >= 15 is 0 Å². The molecule has 0 atom stereocenters. The number of nitrogens with zero attached hydrogens (tertiary/aromatic N) is 1. The number of aromatic nitrogens is 2. The van der Waals surface area contributed by atoms with Crippen LogP contribution in [0, 0.1) is 0 Å². The lowest BCUT2D eigenvalue weighted by atomic mass is 10.2. The van der Waals surface area contributed by atoms with Gasteiger partial charge in [0.2, 0.25) is 0 Å². The van der Waals surface area contributed by atoms with E-state index in [0.717, 1.165) is 12.1 Å². The highest BCUT2D eigenvalue weighted by Crippen LogP contribution is 2.18. The van der Waals surface area contributed by atoms with Gasteiger partial charge in [-0.15, -0.1) is 0 Å². The highest BCUT2D eigenvalue weighted by molar-refractivity contribution is 7.81. The predicted molar refractivity (Wildman–Crippen MR) is 64.2 cm³/mol. The molecule has 2 rings (SSSR count). The fourth-order valence-corrected chi connectivity index (χ4v) is 1.42. The summed E-state index contributed by atoms with van der Waals surface area (Å²) in [5, 5.41) is 8.61. The summed E-state index contributed by atoms with van der Waals surface area (Å²) in [6, 6.07) is 5.06. The molecule has 0 bridgehead atoms. The topological polar surface area (TPSA) is 130 Å². The van der Waals surface area contributed by atoms with Crippen LogP contribution >= 0.6 is 0 Å². The molecule has 9 heteroatoms. The van der Waals surface area contributed by atoms with Crippen LogP contribution in [0.5, 0.6) is 5.75 Å². The summed E-state index contributed by atoms with van der Waals surface area (Å²) in [4.78, 5) is 17.0. The Labute approximate surface area is 108 Å². The Morgan fingerprint density at radius 3 is 2.42 bits per heavy atom. The average Bonchev–Trinajstić information content (AvgIpc) is 2.85. The van der Waals surface area contributed by atoms with Crippen LogP contribution in [0.15, 0.2) is 43.0 Å². The van der Waals surface area contributed by atoms with Crippen molar-refractivity contribution < 1.29 is 27.1 Å². The second kappa shape index (κ2) is 6.52. The molecule has 8 nitrogen and oxygen atoms in total. The van der Waals surface area contributed by atoms with Crippen molar-refractivity contribution in [2.24, 2.45) is 0 Å². The third kappa shape index (κ3) is 5.66. The van der Waals surface area contributed by atoms with Gasteiger partial charge in [-0.1, -0.05) is 12.1 Å². The molecule has 0 amide bonds. The lowest BCUT2D eigenvalue weighted by molar-refractivity contribution is 0.0695. The molecule has 19 heavy (non-hydrogen) atoms. The first-order valence-electron chi connectivity index (χ1n) is 4.82. The van der Waals surface area contributed by atoms with E-state index in [-0.39, 0.29) is 5.56 Å². The van der Waals surface area contributed by atoms with Crippen molar-refractivity contribution in [1.29, 1.82) is 0 Å². The maximum Gasteiger partial charge on any atom is 0.446 e. The fraction of sp³-hybridized carbons (Fsp3) is 0. The predicted octanol–water partition coefficient (Wildman–Crippen LogP) is 0.976. The highest BCUT2D eigenvalue weighted by Gasteiger charge is 2.15. The van der Waals surface area contributed by atoms with Crippen LogP contribution in [-0.2, 0) is 10.4 Å². The Morgan fingerprint density at radius 2 is 2.00 bits per heavy atom. The molecule has 3 N–H and O–H groups in total. The zero-order chi connectivity index (χ0) is 14.3. The SMILES string of the molecule is O=C(O)c1ccccc1OS(=O)(=O)O.c1c[nH]cn1. The lowest BCUT2D eigenvalue weighted by Crippen LogP contribution is -2.10. The van der Waals surface area contributed by atoms with E-state index in [1.165, 1.54) is 12.1 Å². The number of carboxylic acids is 1. The molecule has 0 saturated heterocycles. The smallest absolute Gasteiger partial charge is 0.446 e. The number of imidazole rings is 1. The van der Waals surface area contributed by atoms with Gasteiger partial charge in [0.1, 0.15) is 5.56 Å². The highest BCUT2D eigenvalue weighted by atomic mass is 32.3. The second-order valence-electron chi connectivity index (χ2n) is 3.07. The third-order valence-electron chi connectivity index (χ3n) is 1.72. The monoisotopic (exact) mass is 286 g/mol. The molecule has 0 radical (unpaired) electrons. The number of carboxylic acid groups (broad SMARTS) is 1. The van der Waals surface area contributed by atoms with E-state index in [1.807, 2.05) is 0 Å². The lowest BCUT2D eigenvalue weighted by Gasteiger charge is -2.03. The number of aromatic carboxylic acids is 1. The Balaban J connectivity index is 0.000000300. The molecule has 0 fully saturated rings. The molecule has 0 unspecified atom stereocenters. The Morgan fingerprint density at radius 1 is 1.32 bits per heavy atom. The van der Waals surface area contributed by atoms with Crippen molar-refractivity contribution in [1.82, 2.24) is 9.97 Å². The number of carbonyl (C=O) groups is 1. The summed E-state index contributed by atoms with van der Waals surface area (Å²) in [5.74, 6) is -1.77. The van der Waals surface area contributed by atoms with Crippen molar-refractivity contribution in [3.05, 3.63) is 48.5 Å². The van der Waals surface area contributed by atoms with E-state index < -0.39 is 22.1 Å². The van der Waals surface area contributed by atoms with Gasteiger partial charge in [-0.05, 0) is 12.1 Å². The largest absolute Gasteiger partial charge is 0.478 e. The maximum absolute atomic E-state index is 10.6. The minimum atomic E-state index is -4.70. The Bertz CT molecular complexity index is 606. The van der Waals surface area contributed by atoms with E-state index in [9.17, 15) is 13.2 Å². The van der Waals surface area contributed by atoms with Gasteiger partial charge in [0.25, 0.3) is 0 Å². The van der Waals surface area contributed by atoms with Crippen molar-refractivity contribution >= 4 is 16.4 Å². The molecule has 0 saturated carbocycles. The van der Waals surface area contributed by atoms with Crippen LogP contribution in [0.2, 0.25) is 0 Å². The van der Waals surface area contributed by atoms with Crippen LogP contribution in [0.3, 0.4) is 0 Å². The van der Waals surface area contributed by atoms with Gasteiger partial charge >= 0.3 is 16.4 Å². The summed E-state index contributed by atoms with van der Waals surface area (Å²) in [6.07, 6.45) is 5.08. The van der Waals surface area contributed by atoms with Gasteiger partial charge in [0.15, 0.2) is 5.75 Å². The van der Waals surface area contributed by atoms with Crippen LogP contribution in [0.25, 0.3) is 0 Å². The number of nitrogens with one attached hydrogen (secondary N) is 1. The van der Waals surface area contributed by atoms with Gasteiger partial charge in [0.05, 0.1) is 6.33 Å². The Kier molecular flexibility index (Phi) is 5.03. The van der Waals surface area contributed by atoms with Gasteiger partial charge in [-0.3, -0.25) is 4.55 Å². The first-order chi connectivity index (χ1) is 8.90. The Hall–Kier alpha value is -2.39. The zero-order valence-corrected chi connectivity index (χ0v) is 10.2. The molecule has 1 aromatic carbocycles. The molecule has 2 aromatic rings. The quantitative estimate of drug-likeness (QED) is 0.717. The normalized spacial score (nSPS) is 10.2. The molecule has 1 aromatic heterocycles. The summed E-state index contributed by atoms with van der Waals surface area (Å²) < 4.78 is 33.0. The van der Waals surface area contributed by atoms with Crippen LogP contribution < -0.4 is 4.18 Å². The van der Waals surface area contributed by atoms with E-state index in [0.29, 0.717) is 0 Å². The number of benzene rings is 1. The van der Waals surface area contributed by atoms with Crippen molar-refractivity contribution in [3.8, 4) is 5.75 Å².